The largest absolute Gasteiger partial charge is 0.336 e. The fourth-order valence-electron chi connectivity index (χ4n) is 4.31. The molecule has 0 fully saturated rings. The highest BCUT2D eigenvalue weighted by Crippen LogP contribution is 2.32. The van der Waals surface area contributed by atoms with Gasteiger partial charge in [-0.2, -0.15) is 5.10 Å². The molecule has 8 nitrogen and oxygen atoms in total. The minimum atomic E-state index is -0.0654. The maximum absolute atomic E-state index is 11.8. The molecule has 0 aliphatic carbocycles. The van der Waals surface area contributed by atoms with Crippen LogP contribution in [-0.4, -0.2) is 36.0 Å². The van der Waals surface area contributed by atoms with Crippen LogP contribution in [0.2, 0.25) is 0 Å². The summed E-state index contributed by atoms with van der Waals surface area (Å²) in [6.07, 6.45) is 3.75. The Bertz CT molecular complexity index is 1750. The second kappa shape index (κ2) is 8.74. The Morgan fingerprint density at radius 2 is 1.81 bits per heavy atom. The number of benzene rings is 2. The van der Waals surface area contributed by atoms with Crippen LogP contribution in [0.3, 0.4) is 0 Å². The lowest BCUT2D eigenvalue weighted by molar-refractivity contribution is -0.115. The van der Waals surface area contributed by atoms with Gasteiger partial charge in [0.2, 0.25) is 5.91 Å². The number of para-hydroxylation sites is 1. The summed E-state index contributed by atoms with van der Waals surface area (Å²) in [5, 5.41) is 10.4. The number of aryl methyl sites for hydroxylation is 1. The first-order valence-electron chi connectivity index (χ1n) is 11.8. The molecule has 8 heteroatoms. The fourth-order valence-corrected chi connectivity index (χ4v) is 4.31. The number of aromatic amines is 2. The minimum absolute atomic E-state index is 0.0654. The Hall–Kier alpha value is -4.85. The molecule has 0 radical (unpaired) electrons. The topological polar surface area (TPSA) is 112 Å². The van der Waals surface area contributed by atoms with Crippen molar-refractivity contribution >= 4 is 33.7 Å². The summed E-state index contributed by atoms with van der Waals surface area (Å²) in [5.41, 5.74) is 9.49. The molecule has 0 spiro atoms. The zero-order valence-electron chi connectivity index (χ0n) is 19.8. The molecule has 0 saturated heterocycles. The van der Waals surface area contributed by atoms with Crippen LogP contribution in [0.5, 0.6) is 0 Å². The highest BCUT2D eigenvalue weighted by atomic mass is 16.1. The molecule has 0 aliphatic rings. The van der Waals surface area contributed by atoms with Crippen LogP contribution in [0.1, 0.15) is 18.9 Å². The molecule has 4 aromatic heterocycles. The molecule has 0 atom stereocenters. The second-order valence-electron chi connectivity index (χ2n) is 8.69. The van der Waals surface area contributed by atoms with Crippen LogP contribution in [0.4, 0.5) is 5.69 Å². The zero-order valence-corrected chi connectivity index (χ0v) is 19.8. The first-order valence-corrected chi connectivity index (χ1v) is 11.8. The number of pyridine rings is 2. The molecule has 176 valence electrons. The van der Waals surface area contributed by atoms with E-state index in [1.54, 1.807) is 12.4 Å². The van der Waals surface area contributed by atoms with Gasteiger partial charge in [-0.15, -0.1) is 0 Å². The fraction of sp³-hybridized carbons (Fsp3) is 0.107. The summed E-state index contributed by atoms with van der Waals surface area (Å²) in [6.45, 7) is 3.89. The first-order chi connectivity index (χ1) is 17.6. The molecule has 0 aliphatic heterocycles. The number of hydrogen-bond donors (Lipinski definition) is 3. The van der Waals surface area contributed by atoms with Crippen molar-refractivity contribution in [3.05, 3.63) is 78.6 Å². The van der Waals surface area contributed by atoms with Gasteiger partial charge in [-0.1, -0.05) is 48.9 Å². The summed E-state index contributed by atoms with van der Waals surface area (Å²) >= 11 is 0. The highest BCUT2D eigenvalue weighted by Gasteiger charge is 2.17. The SMILES string of the molecule is CCC(=O)Nc1cncc(-c2ccc3[nH]nc(-c4nc5c(-c6cccc(C)c6)cccc5[nH]4)c3n2)c1. The normalized spacial score (nSPS) is 11.3. The number of hydrogen-bond acceptors (Lipinski definition) is 5. The average Bonchev–Trinajstić information content (AvgIpc) is 3.52. The van der Waals surface area contributed by atoms with Crippen molar-refractivity contribution in [2.75, 3.05) is 5.32 Å². The van der Waals surface area contributed by atoms with Crippen molar-refractivity contribution in [3.8, 4) is 33.9 Å². The Morgan fingerprint density at radius 3 is 2.67 bits per heavy atom. The van der Waals surface area contributed by atoms with Crippen LogP contribution in [0.25, 0.3) is 56.0 Å². The van der Waals surface area contributed by atoms with Gasteiger partial charge in [0.25, 0.3) is 0 Å². The van der Waals surface area contributed by atoms with Gasteiger partial charge >= 0.3 is 0 Å². The van der Waals surface area contributed by atoms with Gasteiger partial charge in [-0.25, -0.2) is 9.97 Å². The van der Waals surface area contributed by atoms with Crippen LogP contribution in [0, 0.1) is 6.92 Å². The van der Waals surface area contributed by atoms with Crippen molar-refractivity contribution < 1.29 is 4.79 Å². The predicted octanol–water partition coefficient (Wildman–Crippen LogP) is 5.89. The maximum atomic E-state index is 11.8. The average molecular weight is 474 g/mol. The van der Waals surface area contributed by atoms with E-state index in [4.69, 9.17) is 9.97 Å². The standard InChI is InChI=1S/C28H23N7O/c1-3-24(36)30-19-13-18(14-29-15-19)21-10-11-23-26(31-21)27(35-34-23)28-32-22-9-5-8-20(25(22)33-28)17-7-4-6-16(2)12-17/h4-15H,3H2,1-2H3,(H,30,36)(H,32,33)(H,34,35). The van der Waals surface area contributed by atoms with Gasteiger partial charge in [0.1, 0.15) is 5.52 Å². The molecule has 4 heterocycles. The van der Waals surface area contributed by atoms with Crippen molar-refractivity contribution in [2.24, 2.45) is 0 Å². The maximum Gasteiger partial charge on any atom is 0.224 e. The van der Waals surface area contributed by atoms with Gasteiger partial charge in [0, 0.05) is 23.7 Å². The van der Waals surface area contributed by atoms with Crippen LogP contribution >= 0.6 is 0 Å². The van der Waals surface area contributed by atoms with Gasteiger partial charge < -0.3 is 10.3 Å². The monoisotopic (exact) mass is 473 g/mol. The quantitative estimate of drug-likeness (QED) is 0.289. The molecular formula is C28H23N7O. The van der Waals surface area contributed by atoms with Gasteiger partial charge in [0.15, 0.2) is 11.5 Å². The molecule has 3 N–H and O–H groups in total. The van der Waals surface area contributed by atoms with Gasteiger partial charge in [-0.05, 0) is 36.8 Å². The van der Waals surface area contributed by atoms with Crippen molar-refractivity contribution in [1.82, 2.24) is 30.1 Å². The van der Waals surface area contributed by atoms with Crippen molar-refractivity contribution in [3.63, 3.8) is 0 Å². The molecular weight excluding hydrogens is 450 g/mol. The summed E-state index contributed by atoms with van der Waals surface area (Å²) in [5.74, 6) is 0.576. The summed E-state index contributed by atoms with van der Waals surface area (Å²) in [6, 6.07) is 20.2. The molecule has 6 rings (SSSR count). The minimum Gasteiger partial charge on any atom is -0.336 e. The van der Waals surface area contributed by atoms with Gasteiger partial charge in [0.05, 0.1) is 34.1 Å². The number of nitrogens with one attached hydrogen (secondary N) is 3. The van der Waals surface area contributed by atoms with Crippen molar-refractivity contribution in [2.45, 2.75) is 20.3 Å². The number of nitrogens with zero attached hydrogens (tertiary/aromatic N) is 4. The third-order valence-corrected chi connectivity index (χ3v) is 6.11. The number of H-pyrrole nitrogens is 2. The van der Waals surface area contributed by atoms with E-state index < -0.39 is 0 Å². The first kappa shape index (κ1) is 21.7. The van der Waals surface area contributed by atoms with E-state index in [1.165, 1.54) is 5.56 Å². The Balaban J connectivity index is 1.43. The van der Waals surface area contributed by atoms with E-state index in [9.17, 15) is 4.79 Å². The number of aromatic nitrogens is 6. The number of carbonyl (C=O) groups excluding carboxylic acids is 1. The second-order valence-corrected chi connectivity index (χ2v) is 8.69. The summed E-state index contributed by atoms with van der Waals surface area (Å²) in [4.78, 5) is 29.3. The smallest absolute Gasteiger partial charge is 0.224 e. The molecule has 0 saturated carbocycles. The van der Waals surface area contributed by atoms with E-state index in [2.05, 4.69) is 62.7 Å². The number of amides is 1. The third-order valence-electron chi connectivity index (χ3n) is 6.11. The van der Waals surface area contributed by atoms with Gasteiger partial charge in [-0.3, -0.25) is 14.9 Å². The lowest BCUT2D eigenvalue weighted by atomic mass is 10.0. The molecule has 0 bridgehead atoms. The Morgan fingerprint density at radius 1 is 0.917 bits per heavy atom. The summed E-state index contributed by atoms with van der Waals surface area (Å²) in [7, 11) is 0. The lowest BCUT2D eigenvalue weighted by Crippen LogP contribution is -2.09. The molecule has 0 unspecified atom stereocenters. The van der Waals surface area contributed by atoms with Crippen molar-refractivity contribution in [1.29, 1.82) is 0 Å². The third kappa shape index (κ3) is 3.88. The summed E-state index contributed by atoms with van der Waals surface area (Å²) < 4.78 is 0. The molecule has 2 aromatic carbocycles. The van der Waals surface area contributed by atoms with E-state index in [0.717, 1.165) is 38.9 Å². The van der Waals surface area contributed by atoms with Crippen LogP contribution < -0.4 is 5.32 Å². The number of imidazole rings is 1. The van der Waals surface area contributed by atoms with E-state index in [0.29, 0.717) is 29.1 Å². The number of fused-ring (bicyclic) bond motifs is 2. The number of rotatable bonds is 5. The zero-order chi connectivity index (χ0) is 24.6. The lowest BCUT2D eigenvalue weighted by Gasteiger charge is -2.06. The van der Waals surface area contributed by atoms with E-state index in [-0.39, 0.29) is 5.91 Å². The number of carbonyl (C=O) groups is 1. The van der Waals surface area contributed by atoms with Crippen LogP contribution in [-0.2, 0) is 4.79 Å². The predicted molar refractivity (Wildman–Crippen MR) is 141 cm³/mol. The highest BCUT2D eigenvalue weighted by molar-refractivity contribution is 5.96. The molecule has 36 heavy (non-hydrogen) atoms. The van der Waals surface area contributed by atoms with E-state index in [1.807, 2.05) is 37.3 Å². The Kier molecular flexibility index (Phi) is 5.26. The van der Waals surface area contributed by atoms with Crippen LogP contribution in [0.15, 0.2) is 73.1 Å². The Labute approximate surface area is 206 Å². The molecule has 1 amide bonds. The van der Waals surface area contributed by atoms with E-state index >= 15 is 0 Å². The number of anilines is 1. The molecule has 6 aromatic rings.